The fraction of sp³-hybridized carbons (Fsp3) is 0.893. The van der Waals surface area contributed by atoms with Gasteiger partial charge in [-0.2, -0.15) is 0 Å². The lowest BCUT2D eigenvalue weighted by atomic mass is 9.88. The van der Waals surface area contributed by atoms with Crippen molar-refractivity contribution in [3.8, 4) is 0 Å². The molecule has 0 aliphatic heterocycles. The van der Waals surface area contributed by atoms with Crippen LogP contribution in [0.25, 0.3) is 0 Å². The third kappa shape index (κ3) is 36.7. The van der Waals surface area contributed by atoms with Crippen molar-refractivity contribution >= 4 is 18.6 Å². The third-order valence-corrected chi connectivity index (χ3v) is 4.81. The number of hydrogen-bond acceptors (Lipinski definition) is 7. The molecule has 0 spiro atoms. The molecule has 0 fully saturated rings. The third-order valence-electron chi connectivity index (χ3n) is 4.81. The van der Waals surface area contributed by atoms with E-state index in [-0.39, 0.29) is 11.3 Å². The monoisotopic (exact) mass is 535 g/mol. The van der Waals surface area contributed by atoms with E-state index in [1.807, 2.05) is 27.8 Å². The first-order valence-electron chi connectivity index (χ1n) is 14.2. The maximum Gasteiger partial charge on any atom is 0.222 e. The van der Waals surface area contributed by atoms with Crippen molar-refractivity contribution in [2.24, 2.45) is 5.41 Å². The number of unbranched alkanes of at least 4 members (excludes halogenated alkanes) is 1. The molecule has 1 atom stereocenters. The van der Waals surface area contributed by atoms with E-state index in [4.69, 9.17) is 14.2 Å². The Kier molecular flexibility index (Phi) is 44.8. The van der Waals surface area contributed by atoms with Crippen LogP contribution < -0.4 is 16.0 Å². The molecule has 0 saturated carbocycles. The number of rotatable bonds is 22. The number of ether oxygens (including phenoxy) is 3. The van der Waals surface area contributed by atoms with E-state index in [1.54, 1.807) is 0 Å². The van der Waals surface area contributed by atoms with Gasteiger partial charge in [-0.05, 0) is 46.2 Å². The molecule has 0 aliphatic carbocycles. The molecule has 0 bridgehead atoms. The highest BCUT2D eigenvalue weighted by Gasteiger charge is 2.29. The quantitative estimate of drug-likeness (QED) is 0.141. The Morgan fingerprint density at radius 2 is 1.41 bits per heavy atom. The lowest BCUT2D eigenvalue weighted by molar-refractivity contribution is -0.123. The molecule has 0 aromatic rings. The van der Waals surface area contributed by atoms with Crippen LogP contribution in [0.5, 0.6) is 0 Å². The van der Waals surface area contributed by atoms with Gasteiger partial charge in [0.05, 0.1) is 33.0 Å². The van der Waals surface area contributed by atoms with Crippen LogP contribution in [0.2, 0.25) is 0 Å². The Labute approximate surface area is 228 Å². The molecule has 0 aliphatic rings. The topological polar surface area (TPSA) is 115 Å². The van der Waals surface area contributed by atoms with Gasteiger partial charge in [0.25, 0.3) is 0 Å². The maximum absolute atomic E-state index is 11.4. The molecule has 37 heavy (non-hydrogen) atoms. The van der Waals surface area contributed by atoms with E-state index in [2.05, 4.69) is 43.6 Å². The second-order valence-electron chi connectivity index (χ2n) is 8.20. The molecule has 0 heterocycles. The summed E-state index contributed by atoms with van der Waals surface area (Å²) in [5.41, 5.74) is -0.237. The SMILES string of the molecule is CC.CCCCNC=O.CCCNC.CCCOCC(CC)(COCCC=O)COCCC(=O)NCC. The van der Waals surface area contributed by atoms with Gasteiger partial charge in [0.15, 0.2) is 0 Å². The van der Waals surface area contributed by atoms with E-state index in [1.165, 1.54) is 6.42 Å². The average molecular weight is 536 g/mol. The van der Waals surface area contributed by atoms with Crippen molar-refractivity contribution in [2.45, 2.75) is 93.4 Å². The van der Waals surface area contributed by atoms with Crippen LogP contribution in [-0.4, -0.2) is 84.9 Å². The summed E-state index contributed by atoms with van der Waals surface area (Å²) in [6, 6.07) is 0. The molecular formula is C28H61N3O6. The summed E-state index contributed by atoms with van der Waals surface area (Å²) >= 11 is 0. The summed E-state index contributed by atoms with van der Waals surface area (Å²) < 4.78 is 17.0. The van der Waals surface area contributed by atoms with Crippen LogP contribution in [0.1, 0.15) is 93.4 Å². The molecule has 9 heteroatoms. The van der Waals surface area contributed by atoms with E-state index in [9.17, 15) is 14.4 Å². The number of amides is 2. The standard InChI is InChI=1S/C17H33NO5.C5H11NO.C4H11N.C2H6/c1-4-10-21-13-17(5-2,14-22-11-7-9-19)15-23-12-8-16(20)18-6-3;1-2-3-4-6-5-7;1-3-4-5-2;1-2/h9H,4-8,10-15H2,1-3H3,(H,18,20);5H,2-4H2,1H3,(H,6,7);5H,3-4H2,1-2H3;1-2H3. The van der Waals surface area contributed by atoms with Crippen LogP contribution in [0.15, 0.2) is 0 Å². The van der Waals surface area contributed by atoms with Gasteiger partial charge in [-0.15, -0.1) is 0 Å². The molecule has 2 amide bonds. The number of nitrogens with one attached hydrogen (secondary N) is 3. The molecule has 1 unspecified atom stereocenters. The van der Waals surface area contributed by atoms with Crippen LogP contribution >= 0.6 is 0 Å². The van der Waals surface area contributed by atoms with Gasteiger partial charge in [-0.25, -0.2) is 0 Å². The van der Waals surface area contributed by atoms with Gasteiger partial charge in [0.1, 0.15) is 6.29 Å². The molecule has 0 aromatic heterocycles. The van der Waals surface area contributed by atoms with Gasteiger partial charge in [0, 0.05) is 38.0 Å². The number of carbonyl (C=O) groups is 3. The maximum atomic E-state index is 11.4. The smallest absolute Gasteiger partial charge is 0.222 e. The molecule has 3 N–H and O–H groups in total. The molecule has 224 valence electrons. The van der Waals surface area contributed by atoms with Gasteiger partial charge < -0.3 is 35.0 Å². The minimum absolute atomic E-state index is 0.000866. The summed E-state index contributed by atoms with van der Waals surface area (Å²) in [5, 5.41) is 8.33. The normalized spacial score (nSPS) is 11.2. The van der Waals surface area contributed by atoms with Crippen molar-refractivity contribution < 1.29 is 28.6 Å². The molecular weight excluding hydrogens is 474 g/mol. The Morgan fingerprint density at radius 3 is 1.81 bits per heavy atom. The highest BCUT2D eigenvalue weighted by Crippen LogP contribution is 2.24. The van der Waals surface area contributed by atoms with Crippen molar-refractivity contribution in [3.05, 3.63) is 0 Å². The first-order valence-corrected chi connectivity index (χ1v) is 14.2. The molecule has 0 aromatic carbocycles. The van der Waals surface area contributed by atoms with Crippen LogP contribution in [0.3, 0.4) is 0 Å². The summed E-state index contributed by atoms with van der Waals surface area (Å²) in [7, 11) is 1.96. The highest BCUT2D eigenvalue weighted by molar-refractivity contribution is 5.75. The van der Waals surface area contributed by atoms with E-state index in [0.29, 0.717) is 59.0 Å². The van der Waals surface area contributed by atoms with Gasteiger partial charge in [0.2, 0.25) is 12.3 Å². The fourth-order valence-electron chi connectivity index (χ4n) is 2.61. The number of carbonyl (C=O) groups excluding carboxylic acids is 3. The van der Waals surface area contributed by atoms with E-state index in [0.717, 1.165) is 51.5 Å². The molecule has 0 rings (SSSR count). The van der Waals surface area contributed by atoms with Crippen LogP contribution in [0, 0.1) is 5.41 Å². The lowest BCUT2D eigenvalue weighted by Crippen LogP contribution is -2.37. The molecule has 0 radical (unpaired) electrons. The van der Waals surface area contributed by atoms with Crippen molar-refractivity contribution in [1.29, 1.82) is 0 Å². The zero-order valence-corrected chi connectivity index (χ0v) is 25.4. The van der Waals surface area contributed by atoms with Gasteiger partial charge >= 0.3 is 0 Å². The van der Waals surface area contributed by atoms with Crippen molar-refractivity contribution in [3.63, 3.8) is 0 Å². The predicted octanol–water partition coefficient (Wildman–Crippen LogP) is 4.13. The second kappa shape index (κ2) is 39.0. The molecule has 0 saturated heterocycles. The first-order chi connectivity index (χ1) is 18.0. The zero-order valence-electron chi connectivity index (χ0n) is 25.4. The van der Waals surface area contributed by atoms with Crippen LogP contribution in [0.4, 0.5) is 0 Å². The Bertz CT molecular complexity index is 454. The van der Waals surface area contributed by atoms with E-state index < -0.39 is 0 Å². The minimum Gasteiger partial charge on any atom is -0.381 e. The Morgan fingerprint density at radius 1 is 0.811 bits per heavy atom. The predicted molar refractivity (Wildman–Crippen MR) is 154 cm³/mol. The minimum atomic E-state index is -0.237. The fourth-order valence-corrected chi connectivity index (χ4v) is 2.61. The average Bonchev–Trinajstić information content (AvgIpc) is 2.92. The van der Waals surface area contributed by atoms with Gasteiger partial charge in [-0.1, -0.05) is 48.0 Å². The van der Waals surface area contributed by atoms with Crippen molar-refractivity contribution in [1.82, 2.24) is 16.0 Å². The van der Waals surface area contributed by atoms with Crippen molar-refractivity contribution in [2.75, 3.05) is 66.3 Å². The number of aldehydes is 1. The Balaban J connectivity index is -0.000000318. The number of hydrogen-bond donors (Lipinski definition) is 3. The second-order valence-corrected chi connectivity index (χ2v) is 8.20. The summed E-state index contributed by atoms with van der Waals surface area (Å²) in [4.78, 5) is 31.4. The summed E-state index contributed by atoms with van der Waals surface area (Å²) in [5.74, 6) is -0.000866. The largest absolute Gasteiger partial charge is 0.381 e. The zero-order chi connectivity index (χ0) is 29.0. The van der Waals surface area contributed by atoms with E-state index >= 15 is 0 Å². The molecule has 9 nitrogen and oxygen atoms in total. The Hall–Kier alpha value is -1.55. The van der Waals surface area contributed by atoms with Gasteiger partial charge in [-0.3, -0.25) is 9.59 Å². The highest BCUT2D eigenvalue weighted by atomic mass is 16.5. The lowest BCUT2D eigenvalue weighted by Gasteiger charge is -2.32. The van der Waals surface area contributed by atoms with Crippen LogP contribution in [-0.2, 0) is 28.6 Å². The summed E-state index contributed by atoms with van der Waals surface area (Å²) in [6.45, 7) is 19.9. The first kappa shape index (κ1) is 42.5. The summed E-state index contributed by atoms with van der Waals surface area (Å²) in [6.07, 6.45) is 7.60.